The molecule has 4 rings (SSSR count). The number of fused-ring (bicyclic) bond motifs is 3. The molecule has 3 aliphatic rings. The molecule has 0 spiro atoms. The lowest BCUT2D eigenvalue weighted by atomic mass is 9.66. The number of nitrogens with zero attached hydrogens (tertiary/aromatic N) is 2. The lowest BCUT2D eigenvalue weighted by Crippen LogP contribution is -2.67. The molecule has 0 saturated carbocycles. The zero-order chi connectivity index (χ0) is 14.3. The molecular formula is C15H23N3O3. The largest absolute Gasteiger partial charge is 0.389 e. The summed E-state index contributed by atoms with van der Waals surface area (Å²) < 4.78 is 11.3. The number of hydrogen-bond acceptors (Lipinski definition) is 5. The summed E-state index contributed by atoms with van der Waals surface area (Å²) in [5, 5.41) is 18.3. The van der Waals surface area contributed by atoms with Crippen LogP contribution in [0.3, 0.4) is 0 Å². The van der Waals surface area contributed by atoms with E-state index in [-0.39, 0.29) is 11.8 Å². The summed E-state index contributed by atoms with van der Waals surface area (Å²) >= 11 is 0. The second-order valence-electron chi connectivity index (χ2n) is 6.56. The molecule has 21 heavy (non-hydrogen) atoms. The van der Waals surface area contributed by atoms with E-state index in [0.29, 0.717) is 25.9 Å². The van der Waals surface area contributed by atoms with Crippen LogP contribution >= 0.6 is 0 Å². The highest BCUT2D eigenvalue weighted by atomic mass is 16.5. The first-order valence-electron chi connectivity index (χ1n) is 7.87. The van der Waals surface area contributed by atoms with Crippen LogP contribution in [0.4, 0.5) is 0 Å². The van der Waals surface area contributed by atoms with Crippen molar-refractivity contribution in [3.8, 4) is 0 Å². The molecule has 1 aromatic heterocycles. The van der Waals surface area contributed by atoms with Crippen molar-refractivity contribution in [1.82, 2.24) is 15.1 Å². The van der Waals surface area contributed by atoms with Gasteiger partial charge in [-0.15, -0.1) is 0 Å². The minimum Gasteiger partial charge on any atom is -0.389 e. The molecule has 3 saturated heterocycles. The van der Waals surface area contributed by atoms with Gasteiger partial charge in [0.25, 0.3) is 0 Å². The molecule has 0 bridgehead atoms. The fraction of sp³-hybridized carbons (Fsp3) is 0.800. The third-order valence-electron chi connectivity index (χ3n) is 5.49. The summed E-state index contributed by atoms with van der Waals surface area (Å²) in [6.07, 6.45) is 3.52. The maximum absolute atomic E-state index is 11.2. The molecule has 4 heterocycles. The average Bonchev–Trinajstić information content (AvgIpc) is 3.01. The first-order chi connectivity index (χ1) is 10.3. The summed E-state index contributed by atoms with van der Waals surface area (Å²) in [4.78, 5) is 2.48. The Bertz CT molecular complexity index is 481. The third kappa shape index (κ3) is 2.30. The zero-order valence-corrected chi connectivity index (χ0v) is 12.2. The molecule has 0 radical (unpaired) electrons. The Morgan fingerprint density at radius 2 is 2.29 bits per heavy atom. The highest BCUT2D eigenvalue weighted by molar-refractivity contribution is 5.08. The molecule has 1 aromatic rings. The molecule has 0 amide bonds. The smallest absolute Gasteiger partial charge is 0.0796 e. The average molecular weight is 293 g/mol. The SMILES string of the molecule is O[C@@]12CCOC[C@@H]1CN(Cc1ccn[nH]1)[C@H]1CCOC[C@H]12. The monoisotopic (exact) mass is 293 g/mol. The van der Waals surface area contributed by atoms with Crippen LogP contribution in [0.1, 0.15) is 18.5 Å². The first kappa shape index (κ1) is 13.7. The van der Waals surface area contributed by atoms with Gasteiger partial charge in [0, 0.05) is 62.5 Å². The van der Waals surface area contributed by atoms with Crippen LogP contribution in [0.25, 0.3) is 0 Å². The number of rotatable bonds is 2. The molecule has 0 unspecified atom stereocenters. The Morgan fingerprint density at radius 3 is 3.14 bits per heavy atom. The number of ether oxygens (including phenoxy) is 2. The Hall–Kier alpha value is -0.950. The summed E-state index contributed by atoms with van der Waals surface area (Å²) in [5.41, 5.74) is 0.510. The molecule has 4 atom stereocenters. The molecule has 3 aliphatic heterocycles. The van der Waals surface area contributed by atoms with Crippen molar-refractivity contribution >= 4 is 0 Å². The van der Waals surface area contributed by atoms with Crippen LogP contribution in [-0.2, 0) is 16.0 Å². The van der Waals surface area contributed by atoms with E-state index in [2.05, 4.69) is 15.1 Å². The Labute approximate surface area is 124 Å². The Morgan fingerprint density at radius 1 is 1.38 bits per heavy atom. The summed E-state index contributed by atoms with van der Waals surface area (Å²) in [5.74, 6) is 0.369. The van der Waals surface area contributed by atoms with Crippen LogP contribution in [0.5, 0.6) is 0 Å². The number of aromatic nitrogens is 2. The minimum atomic E-state index is -0.617. The number of nitrogens with one attached hydrogen (secondary N) is 1. The number of piperidine rings is 1. The van der Waals surface area contributed by atoms with Crippen LogP contribution in [-0.4, -0.2) is 64.8 Å². The van der Waals surface area contributed by atoms with Gasteiger partial charge >= 0.3 is 0 Å². The zero-order valence-electron chi connectivity index (χ0n) is 12.2. The number of aliphatic hydroxyl groups is 1. The molecule has 0 aromatic carbocycles. The van der Waals surface area contributed by atoms with Gasteiger partial charge < -0.3 is 14.6 Å². The van der Waals surface area contributed by atoms with Crippen LogP contribution in [0.2, 0.25) is 0 Å². The number of H-pyrrole nitrogens is 1. The van der Waals surface area contributed by atoms with E-state index < -0.39 is 5.60 Å². The van der Waals surface area contributed by atoms with E-state index in [4.69, 9.17) is 9.47 Å². The molecule has 116 valence electrons. The fourth-order valence-corrected chi connectivity index (χ4v) is 4.34. The summed E-state index contributed by atoms with van der Waals surface area (Å²) in [6, 6.07) is 2.41. The van der Waals surface area contributed by atoms with E-state index >= 15 is 0 Å². The second-order valence-corrected chi connectivity index (χ2v) is 6.56. The standard InChI is InChI=1S/C15H23N3O3/c19-15-3-6-21-9-11(15)7-18(8-12-1-4-16-17-12)14-2-5-20-10-13(14)15/h1,4,11,13-14,19H,2-3,5-10H2,(H,16,17)/t11-,13+,14-,15-/m0/s1. The minimum absolute atomic E-state index is 0.178. The van der Waals surface area contributed by atoms with Gasteiger partial charge in [0.05, 0.1) is 18.8 Å². The van der Waals surface area contributed by atoms with E-state index in [1.807, 2.05) is 6.07 Å². The fourth-order valence-electron chi connectivity index (χ4n) is 4.34. The molecule has 6 heteroatoms. The topological polar surface area (TPSA) is 70.6 Å². The van der Waals surface area contributed by atoms with Gasteiger partial charge in [0.2, 0.25) is 0 Å². The van der Waals surface area contributed by atoms with Crippen LogP contribution in [0.15, 0.2) is 12.3 Å². The van der Waals surface area contributed by atoms with Gasteiger partial charge in [-0.3, -0.25) is 10.00 Å². The Balaban J connectivity index is 1.60. The number of aromatic amines is 1. The van der Waals surface area contributed by atoms with Crippen molar-refractivity contribution in [3.63, 3.8) is 0 Å². The molecule has 0 aliphatic carbocycles. The van der Waals surface area contributed by atoms with E-state index in [1.54, 1.807) is 6.20 Å². The van der Waals surface area contributed by atoms with E-state index in [9.17, 15) is 5.11 Å². The molecule has 6 nitrogen and oxygen atoms in total. The van der Waals surface area contributed by atoms with Gasteiger partial charge in [-0.25, -0.2) is 0 Å². The van der Waals surface area contributed by atoms with Gasteiger partial charge in [-0.05, 0) is 12.5 Å². The van der Waals surface area contributed by atoms with Crippen molar-refractivity contribution in [2.24, 2.45) is 11.8 Å². The predicted molar refractivity (Wildman–Crippen MR) is 75.6 cm³/mol. The number of hydrogen-bond donors (Lipinski definition) is 2. The maximum atomic E-state index is 11.2. The van der Waals surface area contributed by atoms with Crippen molar-refractivity contribution in [2.45, 2.75) is 31.0 Å². The lowest BCUT2D eigenvalue weighted by molar-refractivity contribution is -0.221. The van der Waals surface area contributed by atoms with E-state index in [1.165, 1.54) is 0 Å². The quantitative estimate of drug-likeness (QED) is 0.826. The van der Waals surface area contributed by atoms with E-state index in [0.717, 1.165) is 38.2 Å². The van der Waals surface area contributed by atoms with Crippen molar-refractivity contribution in [1.29, 1.82) is 0 Å². The van der Waals surface area contributed by atoms with Crippen molar-refractivity contribution < 1.29 is 14.6 Å². The highest BCUT2D eigenvalue weighted by Gasteiger charge is 2.55. The van der Waals surface area contributed by atoms with Crippen LogP contribution < -0.4 is 0 Å². The van der Waals surface area contributed by atoms with Crippen molar-refractivity contribution in [3.05, 3.63) is 18.0 Å². The van der Waals surface area contributed by atoms with Gasteiger partial charge in [-0.1, -0.05) is 0 Å². The second kappa shape index (κ2) is 5.35. The molecule has 3 fully saturated rings. The van der Waals surface area contributed by atoms with Gasteiger partial charge in [0.1, 0.15) is 0 Å². The summed E-state index contributed by atoms with van der Waals surface area (Å²) in [6.45, 7) is 4.51. The predicted octanol–water partition coefficient (Wildman–Crippen LogP) is 0.398. The van der Waals surface area contributed by atoms with Gasteiger partial charge in [0.15, 0.2) is 0 Å². The maximum Gasteiger partial charge on any atom is 0.0796 e. The van der Waals surface area contributed by atoms with Gasteiger partial charge in [-0.2, -0.15) is 5.10 Å². The normalized spacial score (nSPS) is 40.5. The van der Waals surface area contributed by atoms with Crippen LogP contribution in [0, 0.1) is 11.8 Å². The number of likely N-dealkylation sites (tertiary alicyclic amines) is 1. The third-order valence-corrected chi connectivity index (χ3v) is 5.49. The van der Waals surface area contributed by atoms with Crippen molar-refractivity contribution in [2.75, 3.05) is 33.0 Å². The highest BCUT2D eigenvalue weighted by Crippen LogP contribution is 2.44. The molecular weight excluding hydrogens is 270 g/mol. The summed E-state index contributed by atoms with van der Waals surface area (Å²) in [7, 11) is 0. The molecule has 2 N–H and O–H groups in total. The lowest BCUT2D eigenvalue weighted by Gasteiger charge is -2.57. The first-order valence-corrected chi connectivity index (χ1v) is 7.87. The Kier molecular flexibility index (Phi) is 3.49.